The SMILES string of the molecule is CC(C)OC(=O)COc1ccc(Br)cc1Cl. The average molecular weight is 308 g/mol. The average Bonchev–Trinajstić information content (AvgIpc) is 2.15. The van der Waals surface area contributed by atoms with E-state index in [9.17, 15) is 4.79 Å². The van der Waals surface area contributed by atoms with Gasteiger partial charge in [0.05, 0.1) is 11.1 Å². The second kappa shape index (κ2) is 6.11. The molecule has 16 heavy (non-hydrogen) atoms. The number of hydrogen-bond donors (Lipinski definition) is 0. The van der Waals surface area contributed by atoms with Crippen molar-refractivity contribution in [2.75, 3.05) is 6.61 Å². The van der Waals surface area contributed by atoms with E-state index in [-0.39, 0.29) is 12.7 Å². The second-order valence-electron chi connectivity index (χ2n) is 3.40. The molecule has 88 valence electrons. The molecule has 0 N–H and O–H groups in total. The van der Waals surface area contributed by atoms with E-state index in [1.807, 2.05) is 0 Å². The summed E-state index contributed by atoms with van der Waals surface area (Å²) < 4.78 is 11.0. The maximum Gasteiger partial charge on any atom is 0.344 e. The molecule has 0 amide bonds. The summed E-state index contributed by atoms with van der Waals surface area (Å²) in [5.74, 6) is 0.0551. The van der Waals surface area contributed by atoms with Crippen LogP contribution in [0, 0.1) is 0 Å². The van der Waals surface area contributed by atoms with Crippen LogP contribution in [0.15, 0.2) is 22.7 Å². The highest BCUT2D eigenvalue weighted by atomic mass is 79.9. The first-order valence-electron chi connectivity index (χ1n) is 4.76. The van der Waals surface area contributed by atoms with Crippen molar-refractivity contribution in [3.8, 4) is 5.75 Å². The Balaban J connectivity index is 2.51. The molecule has 0 heterocycles. The number of benzene rings is 1. The number of carbonyl (C=O) groups is 1. The van der Waals surface area contributed by atoms with Gasteiger partial charge in [-0.15, -0.1) is 0 Å². The Morgan fingerprint density at radius 1 is 1.50 bits per heavy atom. The minimum Gasteiger partial charge on any atom is -0.480 e. The van der Waals surface area contributed by atoms with Gasteiger partial charge < -0.3 is 9.47 Å². The number of hydrogen-bond acceptors (Lipinski definition) is 3. The van der Waals surface area contributed by atoms with Gasteiger partial charge in [-0.1, -0.05) is 27.5 Å². The van der Waals surface area contributed by atoms with E-state index < -0.39 is 5.97 Å². The molecule has 0 atom stereocenters. The van der Waals surface area contributed by atoms with Crippen LogP contribution >= 0.6 is 27.5 Å². The predicted molar refractivity (Wildman–Crippen MR) is 65.9 cm³/mol. The quantitative estimate of drug-likeness (QED) is 0.799. The van der Waals surface area contributed by atoms with Crippen molar-refractivity contribution in [2.45, 2.75) is 20.0 Å². The highest BCUT2D eigenvalue weighted by molar-refractivity contribution is 9.10. The molecule has 0 saturated heterocycles. The molecule has 0 unspecified atom stereocenters. The summed E-state index contributed by atoms with van der Waals surface area (Å²) in [7, 11) is 0. The lowest BCUT2D eigenvalue weighted by Gasteiger charge is -2.10. The third kappa shape index (κ3) is 4.41. The lowest BCUT2D eigenvalue weighted by molar-refractivity contribution is -0.149. The molecule has 0 fully saturated rings. The summed E-state index contributed by atoms with van der Waals surface area (Å²) in [5, 5.41) is 0.451. The molecule has 3 nitrogen and oxygen atoms in total. The number of carbonyl (C=O) groups excluding carboxylic acids is 1. The minimum atomic E-state index is -0.408. The van der Waals surface area contributed by atoms with Crippen molar-refractivity contribution in [1.29, 1.82) is 0 Å². The van der Waals surface area contributed by atoms with Gasteiger partial charge in [-0.3, -0.25) is 0 Å². The van der Waals surface area contributed by atoms with Crippen LogP contribution in [0.3, 0.4) is 0 Å². The number of halogens is 2. The molecule has 1 aromatic carbocycles. The number of rotatable bonds is 4. The fourth-order valence-corrected chi connectivity index (χ4v) is 1.75. The van der Waals surface area contributed by atoms with Crippen molar-refractivity contribution in [3.63, 3.8) is 0 Å². The van der Waals surface area contributed by atoms with Gasteiger partial charge in [-0.05, 0) is 32.0 Å². The molecule has 1 aromatic rings. The molecule has 0 aliphatic heterocycles. The summed E-state index contributed by atoms with van der Waals surface area (Å²) in [6.45, 7) is 3.43. The van der Waals surface area contributed by atoms with E-state index in [1.54, 1.807) is 32.0 Å². The second-order valence-corrected chi connectivity index (χ2v) is 4.72. The number of esters is 1. The summed E-state index contributed by atoms with van der Waals surface area (Å²) in [6, 6.07) is 5.18. The summed E-state index contributed by atoms with van der Waals surface area (Å²) in [4.78, 5) is 11.2. The fraction of sp³-hybridized carbons (Fsp3) is 0.364. The first kappa shape index (κ1) is 13.3. The molecular weight excluding hydrogens is 295 g/mol. The first-order valence-corrected chi connectivity index (χ1v) is 5.93. The van der Waals surface area contributed by atoms with E-state index >= 15 is 0 Å². The van der Waals surface area contributed by atoms with Crippen LogP contribution in [0.4, 0.5) is 0 Å². The summed E-state index contributed by atoms with van der Waals surface area (Å²) in [6.07, 6.45) is -0.142. The van der Waals surface area contributed by atoms with E-state index in [2.05, 4.69) is 15.9 Å². The number of ether oxygens (including phenoxy) is 2. The van der Waals surface area contributed by atoms with Crippen molar-refractivity contribution in [2.24, 2.45) is 0 Å². The molecule has 0 aliphatic carbocycles. The van der Waals surface area contributed by atoms with Crippen molar-refractivity contribution >= 4 is 33.5 Å². The standard InChI is InChI=1S/C11H12BrClO3/c1-7(2)16-11(14)6-15-10-4-3-8(12)5-9(10)13/h3-5,7H,6H2,1-2H3. The Kier molecular flexibility index (Phi) is 5.09. The Labute approximate surface area is 108 Å². The third-order valence-electron chi connectivity index (χ3n) is 1.61. The molecule has 0 bridgehead atoms. The lowest BCUT2D eigenvalue weighted by Crippen LogP contribution is -2.18. The monoisotopic (exact) mass is 306 g/mol. The lowest BCUT2D eigenvalue weighted by atomic mass is 10.3. The Morgan fingerprint density at radius 2 is 2.19 bits per heavy atom. The van der Waals surface area contributed by atoms with Gasteiger partial charge in [0.1, 0.15) is 5.75 Å². The van der Waals surface area contributed by atoms with Gasteiger partial charge in [0.15, 0.2) is 6.61 Å². The van der Waals surface area contributed by atoms with Gasteiger partial charge in [-0.25, -0.2) is 4.79 Å². The Hall–Kier alpha value is -0.740. The first-order chi connectivity index (χ1) is 7.49. The molecule has 0 aliphatic rings. The van der Waals surface area contributed by atoms with Crippen LogP contribution in [-0.2, 0) is 9.53 Å². The maximum absolute atomic E-state index is 11.2. The highest BCUT2D eigenvalue weighted by Crippen LogP contribution is 2.27. The predicted octanol–water partition coefficient (Wildman–Crippen LogP) is 3.43. The summed E-state index contributed by atoms with van der Waals surface area (Å²) >= 11 is 9.19. The molecular formula is C11H12BrClO3. The maximum atomic E-state index is 11.2. The molecule has 0 aromatic heterocycles. The Morgan fingerprint density at radius 3 is 2.75 bits per heavy atom. The van der Waals surface area contributed by atoms with Crippen molar-refractivity contribution < 1.29 is 14.3 Å². The smallest absolute Gasteiger partial charge is 0.344 e. The van der Waals surface area contributed by atoms with E-state index in [0.29, 0.717) is 10.8 Å². The highest BCUT2D eigenvalue weighted by Gasteiger charge is 2.08. The van der Waals surface area contributed by atoms with Crippen LogP contribution in [0.5, 0.6) is 5.75 Å². The van der Waals surface area contributed by atoms with E-state index in [4.69, 9.17) is 21.1 Å². The third-order valence-corrected chi connectivity index (χ3v) is 2.40. The normalized spacial score (nSPS) is 10.3. The van der Waals surface area contributed by atoms with Gasteiger partial charge in [0, 0.05) is 4.47 Å². The van der Waals surface area contributed by atoms with Crippen molar-refractivity contribution in [1.82, 2.24) is 0 Å². The topological polar surface area (TPSA) is 35.5 Å². The van der Waals surface area contributed by atoms with Gasteiger partial charge >= 0.3 is 5.97 Å². The zero-order chi connectivity index (χ0) is 12.1. The molecule has 0 radical (unpaired) electrons. The van der Waals surface area contributed by atoms with Gasteiger partial charge in [-0.2, -0.15) is 0 Å². The molecule has 0 spiro atoms. The van der Waals surface area contributed by atoms with Crippen LogP contribution < -0.4 is 4.74 Å². The minimum absolute atomic E-state index is 0.139. The van der Waals surface area contributed by atoms with Crippen LogP contribution in [0.2, 0.25) is 5.02 Å². The summed E-state index contributed by atoms with van der Waals surface area (Å²) in [5.41, 5.74) is 0. The van der Waals surface area contributed by atoms with E-state index in [0.717, 1.165) is 4.47 Å². The molecule has 1 rings (SSSR count). The van der Waals surface area contributed by atoms with E-state index in [1.165, 1.54) is 0 Å². The van der Waals surface area contributed by atoms with Crippen LogP contribution in [0.1, 0.15) is 13.8 Å². The zero-order valence-electron chi connectivity index (χ0n) is 9.00. The Bertz CT molecular complexity index is 379. The fourth-order valence-electron chi connectivity index (χ4n) is 1.03. The molecule has 5 heteroatoms. The van der Waals surface area contributed by atoms with Gasteiger partial charge in [0.25, 0.3) is 0 Å². The van der Waals surface area contributed by atoms with Gasteiger partial charge in [0.2, 0.25) is 0 Å². The zero-order valence-corrected chi connectivity index (χ0v) is 11.3. The largest absolute Gasteiger partial charge is 0.480 e. The van der Waals surface area contributed by atoms with Crippen molar-refractivity contribution in [3.05, 3.63) is 27.7 Å². The molecule has 0 saturated carbocycles. The van der Waals surface area contributed by atoms with Crippen LogP contribution in [-0.4, -0.2) is 18.7 Å². The van der Waals surface area contributed by atoms with Crippen LogP contribution in [0.25, 0.3) is 0 Å².